The van der Waals surface area contributed by atoms with Crippen LogP contribution >= 0.6 is 0 Å². The molecule has 1 aromatic carbocycles. The van der Waals surface area contributed by atoms with E-state index in [1.807, 2.05) is 12.1 Å². The number of hydrogen-bond donors (Lipinski definition) is 1. The van der Waals surface area contributed by atoms with Gasteiger partial charge in [0.1, 0.15) is 0 Å². The summed E-state index contributed by atoms with van der Waals surface area (Å²) in [5.74, 6) is 0. The number of nitrogen functional groups attached to an aromatic ring is 1. The van der Waals surface area contributed by atoms with Crippen LogP contribution in [0, 0.1) is 0 Å². The summed E-state index contributed by atoms with van der Waals surface area (Å²) in [6, 6.07) is 5.42. The molecule has 0 aromatic heterocycles. The normalized spacial score (nSPS) is 9.09. The summed E-state index contributed by atoms with van der Waals surface area (Å²) in [7, 11) is 0. The summed E-state index contributed by atoms with van der Waals surface area (Å²) in [6.45, 7) is 7.07. The lowest BCUT2D eigenvalue weighted by Gasteiger charge is -1.99. The molecular formula is C9H10N2. The minimum absolute atomic E-state index is 0.715. The molecule has 0 unspecified atom stereocenters. The van der Waals surface area contributed by atoms with Crippen molar-refractivity contribution >= 4 is 24.2 Å². The summed E-state index contributed by atoms with van der Waals surface area (Å²) in [5.41, 5.74) is 7.99. The lowest BCUT2D eigenvalue weighted by Crippen LogP contribution is -1.84. The molecule has 0 saturated heterocycles. The fraction of sp³-hybridized carbons (Fsp3) is 0. The molecule has 0 fully saturated rings. The summed E-state index contributed by atoms with van der Waals surface area (Å²) in [4.78, 5) is 3.81. The maximum Gasteiger partial charge on any atom is 0.0696 e. The number of nitrogens with zero attached hydrogens (tertiary/aromatic N) is 1. The van der Waals surface area contributed by atoms with Gasteiger partial charge in [-0.15, -0.1) is 0 Å². The van der Waals surface area contributed by atoms with Gasteiger partial charge in [0.25, 0.3) is 0 Å². The predicted octanol–water partition coefficient (Wildman–Crippen LogP) is 2.24. The highest BCUT2D eigenvalue weighted by atomic mass is 14.7. The smallest absolute Gasteiger partial charge is 0.0696 e. The van der Waals surface area contributed by atoms with Crippen molar-refractivity contribution in [1.82, 2.24) is 0 Å². The van der Waals surface area contributed by atoms with Gasteiger partial charge in [-0.3, -0.25) is 4.99 Å². The van der Waals surface area contributed by atoms with Crippen molar-refractivity contribution in [2.45, 2.75) is 0 Å². The first-order valence-electron chi connectivity index (χ1n) is 3.26. The Kier molecular flexibility index (Phi) is 2.06. The first-order chi connectivity index (χ1) is 5.27. The van der Waals surface area contributed by atoms with Crippen LogP contribution in [0.5, 0.6) is 0 Å². The van der Waals surface area contributed by atoms with E-state index >= 15 is 0 Å². The second kappa shape index (κ2) is 3.01. The number of rotatable bonds is 2. The molecular weight excluding hydrogens is 136 g/mol. The van der Waals surface area contributed by atoms with Crippen molar-refractivity contribution in [2.24, 2.45) is 4.99 Å². The van der Waals surface area contributed by atoms with Gasteiger partial charge in [0.2, 0.25) is 0 Å². The quantitative estimate of drug-likeness (QED) is 0.504. The molecule has 0 aliphatic heterocycles. The zero-order valence-corrected chi connectivity index (χ0v) is 6.25. The standard InChI is InChI=1S/C9H10N2/c1-3-7-6-8(10)4-5-9(7)11-2/h3-6H,1-2,10H2. The predicted molar refractivity (Wildman–Crippen MR) is 50.2 cm³/mol. The molecule has 0 radical (unpaired) electrons. The third kappa shape index (κ3) is 1.46. The van der Waals surface area contributed by atoms with E-state index in [9.17, 15) is 0 Å². The van der Waals surface area contributed by atoms with E-state index in [4.69, 9.17) is 5.73 Å². The SMILES string of the molecule is C=Cc1cc(N)ccc1N=C. The van der Waals surface area contributed by atoms with E-state index in [0.29, 0.717) is 5.69 Å². The number of aliphatic imine (C=N–C) groups is 1. The Labute approximate surface area is 66.1 Å². The summed E-state index contributed by atoms with van der Waals surface area (Å²) in [5, 5.41) is 0. The zero-order valence-electron chi connectivity index (χ0n) is 6.25. The van der Waals surface area contributed by atoms with Crippen LogP contribution in [0.25, 0.3) is 6.08 Å². The Balaban J connectivity index is 3.26. The number of benzene rings is 1. The van der Waals surface area contributed by atoms with Crippen LogP contribution in [0.4, 0.5) is 11.4 Å². The summed E-state index contributed by atoms with van der Waals surface area (Å²) in [6.07, 6.45) is 1.71. The highest BCUT2D eigenvalue weighted by Crippen LogP contribution is 2.21. The molecule has 0 bridgehead atoms. The van der Waals surface area contributed by atoms with Crippen LogP contribution in [0.2, 0.25) is 0 Å². The van der Waals surface area contributed by atoms with E-state index < -0.39 is 0 Å². The molecule has 1 rings (SSSR count). The second-order valence-corrected chi connectivity index (χ2v) is 2.18. The minimum Gasteiger partial charge on any atom is -0.399 e. The molecule has 2 heteroatoms. The second-order valence-electron chi connectivity index (χ2n) is 2.18. The lowest BCUT2D eigenvalue weighted by molar-refractivity contribution is 1.52. The molecule has 11 heavy (non-hydrogen) atoms. The maximum atomic E-state index is 5.55. The van der Waals surface area contributed by atoms with Crippen LogP contribution in [-0.2, 0) is 0 Å². The van der Waals surface area contributed by atoms with Crippen molar-refractivity contribution in [2.75, 3.05) is 5.73 Å². The average molecular weight is 146 g/mol. The molecule has 2 nitrogen and oxygen atoms in total. The van der Waals surface area contributed by atoms with E-state index in [2.05, 4.69) is 18.3 Å². The largest absolute Gasteiger partial charge is 0.399 e. The number of hydrogen-bond acceptors (Lipinski definition) is 2. The topological polar surface area (TPSA) is 38.4 Å². The molecule has 0 spiro atoms. The van der Waals surface area contributed by atoms with Gasteiger partial charge in [-0.2, -0.15) is 0 Å². The van der Waals surface area contributed by atoms with Crippen molar-refractivity contribution in [3.05, 3.63) is 30.3 Å². The third-order valence-electron chi connectivity index (χ3n) is 1.44. The van der Waals surface area contributed by atoms with Gasteiger partial charge in [0, 0.05) is 11.3 Å². The first kappa shape index (κ1) is 7.54. The van der Waals surface area contributed by atoms with Crippen molar-refractivity contribution in [3.63, 3.8) is 0 Å². The fourth-order valence-corrected chi connectivity index (χ4v) is 0.880. The van der Waals surface area contributed by atoms with Crippen LogP contribution < -0.4 is 5.73 Å². The number of nitrogens with two attached hydrogens (primary N) is 1. The molecule has 0 amide bonds. The van der Waals surface area contributed by atoms with Crippen LogP contribution in [0.3, 0.4) is 0 Å². The van der Waals surface area contributed by atoms with Crippen molar-refractivity contribution in [3.8, 4) is 0 Å². The Bertz CT molecular complexity index is 290. The molecule has 2 N–H and O–H groups in total. The molecule has 0 aliphatic carbocycles. The first-order valence-corrected chi connectivity index (χ1v) is 3.26. The van der Waals surface area contributed by atoms with Gasteiger partial charge in [0.05, 0.1) is 5.69 Å². The maximum absolute atomic E-state index is 5.55. The van der Waals surface area contributed by atoms with Gasteiger partial charge in [-0.25, -0.2) is 0 Å². The Morgan fingerprint density at radius 2 is 2.18 bits per heavy atom. The van der Waals surface area contributed by atoms with Crippen LogP contribution in [0.1, 0.15) is 5.56 Å². The molecule has 1 aromatic rings. The van der Waals surface area contributed by atoms with Gasteiger partial charge in [0.15, 0.2) is 0 Å². The Morgan fingerprint density at radius 1 is 1.45 bits per heavy atom. The van der Waals surface area contributed by atoms with E-state index in [1.54, 1.807) is 12.1 Å². The molecule has 56 valence electrons. The summed E-state index contributed by atoms with van der Waals surface area (Å²) < 4.78 is 0. The van der Waals surface area contributed by atoms with E-state index in [-0.39, 0.29) is 0 Å². The fourth-order valence-electron chi connectivity index (χ4n) is 0.880. The van der Waals surface area contributed by atoms with Gasteiger partial charge < -0.3 is 5.73 Å². The highest BCUT2D eigenvalue weighted by Gasteiger charge is 1.95. The lowest BCUT2D eigenvalue weighted by atomic mass is 10.1. The molecule has 0 heterocycles. The van der Waals surface area contributed by atoms with Crippen LogP contribution in [-0.4, -0.2) is 6.72 Å². The highest BCUT2D eigenvalue weighted by molar-refractivity contribution is 5.68. The van der Waals surface area contributed by atoms with Crippen molar-refractivity contribution in [1.29, 1.82) is 0 Å². The Morgan fingerprint density at radius 3 is 2.73 bits per heavy atom. The van der Waals surface area contributed by atoms with Crippen molar-refractivity contribution < 1.29 is 0 Å². The molecule has 0 atom stereocenters. The minimum atomic E-state index is 0.715. The monoisotopic (exact) mass is 146 g/mol. The van der Waals surface area contributed by atoms with Gasteiger partial charge >= 0.3 is 0 Å². The number of anilines is 1. The third-order valence-corrected chi connectivity index (χ3v) is 1.44. The molecule has 0 aliphatic rings. The molecule has 0 saturated carbocycles. The average Bonchev–Trinajstić information content (AvgIpc) is 2.04. The van der Waals surface area contributed by atoms with Gasteiger partial charge in [-0.1, -0.05) is 12.7 Å². The van der Waals surface area contributed by atoms with Gasteiger partial charge in [-0.05, 0) is 24.9 Å². The summed E-state index contributed by atoms with van der Waals surface area (Å²) >= 11 is 0. The van der Waals surface area contributed by atoms with Crippen LogP contribution in [0.15, 0.2) is 29.8 Å². The van der Waals surface area contributed by atoms with E-state index in [0.717, 1.165) is 11.3 Å². The zero-order chi connectivity index (χ0) is 8.27. The van der Waals surface area contributed by atoms with E-state index in [1.165, 1.54) is 0 Å². The Hall–Kier alpha value is -1.57.